The molecule has 0 aromatic heterocycles. The lowest BCUT2D eigenvalue weighted by molar-refractivity contribution is 0.246. The Bertz CT molecular complexity index is 370. The van der Waals surface area contributed by atoms with Crippen LogP contribution in [0.2, 0.25) is 0 Å². The molecule has 14 heavy (non-hydrogen) atoms. The van der Waals surface area contributed by atoms with Gasteiger partial charge in [-0.3, -0.25) is 0 Å². The number of hydrogen-bond donors (Lipinski definition) is 0. The quantitative estimate of drug-likeness (QED) is 0.674. The van der Waals surface area contributed by atoms with Gasteiger partial charge in [-0.15, -0.1) is 0 Å². The van der Waals surface area contributed by atoms with Crippen LogP contribution in [0.4, 0.5) is 5.69 Å². The maximum absolute atomic E-state index is 8.83. The van der Waals surface area contributed by atoms with Gasteiger partial charge in [-0.1, -0.05) is 12.1 Å². The molecule has 2 rings (SSSR count). The number of para-hydroxylation sites is 2. The molecule has 3 heteroatoms. The number of anilines is 1. The molecule has 1 atom stereocenters. The van der Waals surface area contributed by atoms with E-state index in [0.29, 0.717) is 6.54 Å². The maximum atomic E-state index is 8.83. The number of rotatable bonds is 1. The van der Waals surface area contributed by atoms with E-state index in [9.17, 15) is 0 Å². The van der Waals surface area contributed by atoms with Crippen molar-refractivity contribution < 1.29 is 4.74 Å². The Balaban J connectivity index is 2.36. The van der Waals surface area contributed by atoms with Gasteiger partial charge in [0.15, 0.2) is 0 Å². The Labute approximate surface area is 83.5 Å². The molecule has 1 aromatic rings. The van der Waals surface area contributed by atoms with Crippen molar-refractivity contribution in [3.8, 4) is 11.8 Å². The van der Waals surface area contributed by atoms with Crippen LogP contribution in [0.15, 0.2) is 24.3 Å². The average molecular weight is 188 g/mol. The number of fused-ring (bicyclic) bond motifs is 1. The van der Waals surface area contributed by atoms with Crippen molar-refractivity contribution in [1.29, 1.82) is 5.26 Å². The molecule has 0 saturated carbocycles. The van der Waals surface area contributed by atoms with Crippen LogP contribution in [0.1, 0.15) is 6.92 Å². The Hall–Kier alpha value is -1.69. The summed E-state index contributed by atoms with van der Waals surface area (Å²) in [4.78, 5) is 2.16. The van der Waals surface area contributed by atoms with Gasteiger partial charge in [0.2, 0.25) is 6.10 Å². The van der Waals surface area contributed by atoms with Gasteiger partial charge < -0.3 is 9.64 Å². The van der Waals surface area contributed by atoms with Crippen molar-refractivity contribution in [3.63, 3.8) is 0 Å². The lowest BCUT2D eigenvalue weighted by Gasteiger charge is -2.32. The highest BCUT2D eigenvalue weighted by Crippen LogP contribution is 2.32. The van der Waals surface area contributed by atoms with Crippen LogP contribution in [0.5, 0.6) is 5.75 Å². The largest absolute Gasteiger partial charge is 0.472 e. The third-order valence-corrected chi connectivity index (χ3v) is 2.39. The molecule has 0 radical (unpaired) electrons. The smallest absolute Gasteiger partial charge is 0.201 e. The third-order valence-electron chi connectivity index (χ3n) is 2.39. The van der Waals surface area contributed by atoms with Crippen molar-refractivity contribution >= 4 is 5.69 Å². The fourth-order valence-electron chi connectivity index (χ4n) is 1.67. The zero-order chi connectivity index (χ0) is 9.97. The Morgan fingerprint density at radius 1 is 1.57 bits per heavy atom. The molecule has 0 amide bonds. The van der Waals surface area contributed by atoms with Crippen molar-refractivity contribution in [3.05, 3.63) is 24.3 Å². The minimum Gasteiger partial charge on any atom is -0.472 e. The first kappa shape index (κ1) is 8.89. The van der Waals surface area contributed by atoms with Crippen LogP contribution in [-0.2, 0) is 0 Å². The molecule has 1 unspecified atom stereocenters. The topological polar surface area (TPSA) is 36.3 Å². The maximum Gasteiger partial charge on any atom is 0.201 e. The first-order valence-electron chi connectivity index (χ1n) is 4.75. The first-order valence-corrected chi connectivity index (χ1v) is 4.75. The summed E-state index contributed by atoms with van der Waals surface area (Å²) in [5.41, 5.74) is 1.08. The zero-order valence-electron chi connectivity index (χ0n) is 8.10. The van der Waals surface area contributed by atoms with Crippen LogP contribution < -0.4 is 9.64 Å². The molecular weight excluding hydrogens is 176 g/mol. The fraction of sp³-hybridized carbons (Fsp3) is 0.364. The summed E-state index contributed by atoms with van der Waals surface area (Å²) in [6, 6.07) is 9.98. The summed E-state index contributed by atoms with van der Waals surface area (Å²) in [6.45, 7) is 3.64. The number of benzene rings is 1. The summed E-state index contributed by atoms with van der Waals surface area (Å²) in [7, 11) is 0. The number of nitriles is 1. The van der Waals surface area contributed by atoms with E-state index in [4.69, 9.17) is 10.00 Å². The average Bonchev–Trinajstić information content (AvgIpc) is 2.27. The van der Waals surface area contributed by atoms with E-state index in [1.807, 2.05) is 24.3 Å². The van der Waals surface area contributed by atoms with Crippen LogP contribution in [-0.4, -0.2) is 19.2 Å². The van der Waals surface area contributed by atoms with E-state index in [1.165, 1.54) is 0 Å². The number of hydrogen-bond acceptors (Lipinski definition) is 3. The highest BCUT2D eigenvalue weighted by molar-refractivity contribution is 5.60. The molecule has 1 aromatic carbocycles. The molecule has 1 heterocycles. The van der Waals surface area contributed by atoms with Crippen LogP contribution in [0.25, 0.3) is 0 Å². The third kappa shape index (κ3) is 1.39. The molecule has 0 bridgehead atoms. The second-order valence-corrected chi connectivity index (χ2v) is 3.24. The predicted molar refractivity (Wildman–Crippen MR) is 54.4 cm³/mol. The SMILES string of the molecule is CCN1CC(C#N)Oc2ccccc21. The van der Waals surface area contributed by atoms with Gasteiger partial charge in [0.25, 0.3) is 0 Å². The highest BCUT2D eigenvalue weighted by atomic mass is 16.5. The predicted octanol–water partition coefficient (Wildman–Crippen LogP) is 1.80. The first-order chi connectivity index (χ1) is 6.85. The molecule has 1 aliphatic heterocycles. The highest BCUT2D eigenvalue weighted by Gasteiger charge is 2.23. The monoisotopic (exact) mass is 188 g/mol. The molecule has 0 fully saturated rings. The van der Waals surface area contributed by atoms with E-state index in [1.54, 1.807) is 0 Å². The molecule has 0 N–H and O–H groups in total. The standard InChI is InChI=1S/C11H12N2O/c1-2-13-8-9(7-12)14-11-6-4-3-5-10(11)13/h3-6,9H,2,8H2,1H3. The second kappa shape index (κ2) is 3.59. The van der Waals surface area contributed by atoms with Gasteiger partial charge in [0.05, 0.1) is 12.2 Å². The minimum absolute atomic E-state index is 0.343. The van der Waals surface area contributed by atoms with E-state index in [2.05, 4.69) is 17.9 Å². The Morgan fingerprint density at radius 2 is 2.36 bits per heavy atom. The van der Waals surface area contributed by atoms with Crippen molar-refractivity contribution in [2.24, 2.45) is 0 Å². The van der Waals surface area contributed by atoms with Crippen LogP contribution in [0.3, 0.4) is 0 Å². The van der Waals surface area contributed by atoms with Gasteiger partial charge in [0.1, 0.15) is 11.8 Å². The molecule has 72 valence electrons. The Morgan fingerprint density at radius 3 is 3.07 bits per heavy atom. The van der Waals surface area contributed by atoms with Crippen molar-refractivity contribution in [1.82, 2.24) is 0 Å². The number of nitrogens with zero attached hydrogens (tertiary/aromatic N) is 2. The molecule has 3 nitrogen and oxygen atoms in total. The number of likely N-dealkylation sites (N-methyl/N-ethyl adjacent to an activating group) is 1. The van der Waals surface area contributed by atoms with E-state index in [0.717, 1.165) is 18.0 Å². The summed E-state index contributed by atoms with van der Waals surface area (Å²) in [5, 5.41) is 8.83. The molecule has 0 aliphatic carbocycles. The normalized spacial score (nSPS) is 19.4. The lowest BCUT2D eigenvalue weighted by atomic mass is 10.2. The van der Waals surface area contributed by atoms with Crippen LogP contribution >= 0.6 is 0 Å². The lowest BCUT2D eigenvalue weighted by Crippen LogP contribution is -2.39. The Kier molecular flexibility index (Phi) is 2.28. The molecule has 1 aliphatic rings. The van der Waals surface area contributed by atoms with Gasteiger partial charge in [-0.2, -0.15) is 5.26 Å². The van der Waals surface area contributed by atoms with E-state index < -0.39 is 0 Å². The number of ether oxygens (including phenoxy) is 1. The zero-order valence-corrected chi connectivity index (χ0v) is 8.10. The molecule has 0 saturated heterocycles. The van der Waals surface area contributed by atoms with Gasteiger partial charge in [-0.25, -0.2) is 0 Å². The van der Waals surface area contributed by atoms with E-state index in [-0.39, 0.29) is 6.10 Å². The summed E-state index contributed by atoms with van der Waals surface area (Å²) >= 11 is 0. The van der Waals surface area contributed by atoms with Gasteiger partial charge in [0, 0.05) is 6.54 Å². The minimum atomic E-state index is -0.343. The van der Waals surface area contributed by atoms with Gasteiger partial charge in [-0.05, 0) is 19.1 Å². The summed E-state index contributed by atoms with van der Waals surface area (Å²) < 4.78 is 5.51. The second-order valence-electron chi connectivity index (χ2n) is 3.24. The summed E-state index contributed by atoms with van der Waals surface area (Å²) in [6.07, 6.45) is -0.343. The van der Waals surface area contributed by atoms with E-state index >= 15 is 0 Å². The molecular formula is C11H12N2O. The molecule has 0 spiro atoms. The van der Waals surface area contributed by atoms with Gasteiger partial charge >= 0.3 is 0 Å². The summed E-state index contributed by atoms with van der Waals surface area (Å²) in [5.74, 6) is 0.812. The fourth-order valence-corrected chi connectivity index (χ4v) is 1.67. The van der Waals surface area contributed by atoms with Crippen molar-refractivity contribution in [2.75, 3.05) is 18.0 Å². The van der Waals surface area contributed by atoms with Crippen LogP contribution in [0, 0.1) is 11.3 Å². The van der Waals surface area contributed by atoms with Crippen molar-refractivity contribution in [2.45, 2.75) is 13.0 Å².